The van der Waals surface area contributed by atoms with Crippen LogP contribution in [0.2, 0.25) is 0 Å². The first kappa shape index (κ1) is 13.4. The minimum Gasteiger partial charge on any atom is -0.383 e. The number of carbonyl (C=O) groups excluding carboxylic acids is 1. The van der Waals surface area contributed by atoms with E-state index in [-0.39, 0.29) is 11.9 Å². The summed E-state index contributed by atoms with van der Waals surface area (Å²) >= 11 is 0. The van der Waals surface area contributed by atoms with E-state index in [1.54, 1.807) is 14.2 Å². The van der Waals surface area contributed by atoms with Gasteiger partial charge in [-0.3, -0.25) is 4.79 Å². The summed E-state index contributed by atoms with van der Waals surface area (Å²) in [6.07, 6.45) is 0.874. The van der Waals surface area contributed by atoms with Crippen LogP contribution in [0.3, 0.4) is 0 Å². The second kappa shape index (κ2) is 5.98. The Morgan fingerprint density at radius 3 is 2.43 bits per heavy atom. The van der Waals surface area contributed by atoms with Crippen molar-refractivity contribution in [1.29, 1.82) is 0 Å². The standard InChI is InChI=1S/C10H22N2O2/c1-6-8(7-14-5)12-9(13)10(2,3)11-4/h8,11H,6-7H2,1-5H3,(H,12,13). The van der Waals surface area contributed by atoms with Crippen LogP contribution in [-0.4, -0.2) is 38.3 Å². The van der Waals surface area contributed by atoms with Crippen molar-refractivity contribution in [2.24, 2.45) is 0 Å². The molecule has 0 aliphatic heterocycles. The number of amides is 1. The van der Waals surface area contributed by atoms with E-state index in [1.165, 1.54) is 0 Å². The van der Waals surface area contributed by atoms with E-state index in [9.17, 15) is 4.79 Å². The first-order valence-electron chi connectivity index (χ1n) is 4.96. The monoisotopic (exact) mass is 202 g/mol. The van der Waals surface area contributed by atoms with Crippen LogP contribution in [0.5, 0.6) is 0 Å². The van der Waals surface area contributed by atoms with E-state index in [2.05, 4.69) is 10.6 Å². The summed E-state index contributed by atoms with van der Waals surface area (Å²) in [5.74, 6) is 0.00361. The molecule has 1 amide bonds. The molecule has 14 heavy (non-hydrogen) atoms. The highest BCUT2D eigenvalue weighted by molar-refractivity contribution is 5.85. The Balaban J connectivity index is 4.15. The summed E-state index contributed by atoms with van der Waals surface area (Å²) in [5.41, 5.74) is -0.527. The predicted octanol–water partition coefficient (Wildman–Crippen LogP) is 0.526. The maximum absolute atomic E-state index is 11.7. The van der Waals surface area contributed by atoms with E-state index in [1.807, 2.05) is 20.8 Å². The highest BCUT2D eigenvalue weighted by Gasteiger charge is 2.26. The molecule has 0 spiro atoms. The molecule has 0 saturated heterocycles. The molecular weight excluding hydrogens is 180 g/mol. The van der Waals surface area contributed by atoms with Crippen LogP contribution in [0.15, 0.2) is 0 Å². The van der Waals surface area contributed by atoms with Crippen molar-refractivity contribution in [3.63, 3.8) is 0 Å². The lowest BCUT2D eigenvalue weighted by atomic mass is 10.0. The summed E-state index contributed by atoms with van der Waals surface area (Å²) in [6.45, 7) is 6.28. The van der Waals surface area contributed by atoms with Crippen LogP contribution in [0.1, 0.15) is 27.2 Å². The maximum Gasteiger partial charge on any atom is 0.240 e. The third-order valence-corrected chi connectivity index (χ3v) is 2.39. The number of likely N-dealkylation sites (N-methyl/N-ethyl adjacent to an activating group) is 1. The second-order valence-corrected chi connectivity index (χ2v) is 3.91. The third-order valence-electron chi connectivity index (χ3n) is 2.39. The van der Waals surface area contributed by atoms with Gasteiger partial charge in [0.2, 0.25) is 5.91 Å². The SMILES string of the molecule is CCC(COC)NC(=O)C(C)(C)NC. The topological polar surface area (TPSA) is 50.4 Å². The molecule has 0 aliphatic carbocycles. The first-order valence-corrected chi connectivity index (χ1v) is 4.96. The average Bonchev–Trinajstić information content (AvgIpc) is 2.16. The maximum atomic E-state index is 11.7. The molecule has 4 heteroatoms. The van der Waals surface area contributed by atoms with Gasteiger partial charge in [-0.2, -0.15) is 0 Å². The molecule has 0 rings (SSSR count). The van der Waals surface area contributed by atoms with Gasteiger partial charge in [-0.05, 0) is 27.3 Å². The fourth-order valence-electron chi connectivity index (χ4n) is 0.942. The van der Waals surface area contributed by atoms with E-state index < -0.39 is 5.54 Å². The van der Waals surface area contributed by atoms with Gasteiger partial charge in [0.05, 0.1) is 18.2 Å². The third kappa shape index (κ3) is 4.07. The van der Waals surface area contributed by atoms with Crippen LogP contribution in [-0.2, 0) is 9.53 Å². The summed E-state index contributed by atoms with van der Waals surface area (Å²) in [5, 5.41) is 5.89. The summed E-state index contributed by atoms with van der Waals surface area (Å²) in [4.78, 5) is 11.7. The van der Waals surface area contributed by atoms with Crippen molar-refractivity contribution in [2.75, 3.05) is 20.8 Å². The van der Waals surface area contributed by atoms with Crippen molar-refractivity contribution in [3.05, 3.63) is 0 Å². The zero-order valence-corrected chi connectivity index (χ0v) is 9.81. The largest absolute Gasteiger partial charge is 0.383 e. The van der Waals surface area contributed by atoms with Gasteiger partial charge in [-0.15, -0.1) is 0 Å². The zero-order valence-electron chi connectivity index (χ0n) is 9.81. The van der Waals surface area contributed by atoms with Gasteiger partial charge in [-0.25, -0.2) is 0 Å². The highest BCUT2D eigenvalue weighted by Crippen LogP contribution is 2.02. The molecule has 84 valence electrons. The molecular formula is C10H22N2O2. The van der Waals surface area contributed by atoms with E-state index in [0.717, 1.165) is 6.42 Å². The Hall–Kier alpha value is -0.610. The number of methoxy groups -OCH3 is 1. The Morgan fingerprint density at radius 2 is 2.07 bits per heavy atom. The molecule has 0 aromatic heterocycles. The second-order valence-electron chi connectivity index (χ2n) is 3.91. The minimum atomic E-state index is -0.527. The molecule has 0 aliphatic rings. The van der Waals surface area contributed by atoms with Crippen molar-refractivity contribution in [3.8, 4) is 0 Å². The molecule has 1 unspecified atom stereocenters. The molecule has 0 bridgehead atoms. The molecule has 1 atom stereocenters. The van der Waals surface area contributed by atoms with Crippen molar-refractivity contribution >= 4 is 5.91 Å². The molecule has 2 N–H and O–H groups in total. The molecule has 4 nitrogen and oxygen atoms in total. The number of carbonyl (C=O) groups is 1. The minimum absolute atomic E-state index is 0.00361. The molecule has 0 heterocycles. The van der Waals surface area contributed by atoms with E-state index >= 15 is 0 Å². The highest BCUT2D eigenvalue weighted by atomic mass is 16.5. The van der Waals surface area contributed by atoms with E-state index in [0.29, 0.717) is 6.61 Å². The van der Waals surface area contributed by atoms with Crippen molar-refractivity contribution in [1.82, 2.24) is 10.6 Å². The number of rotatable bonds is 6. The van der Waals surface area contributed by atoms with Gasteiger partial charge < -0.3 is 15.4 Å². The molecule has 0 aromatic rings. The number of nitrogens with one attached hydrogen (secondary N) is 2. The van der Waals surface area contributed by atoms with Gasteiger partial charge in [0.25, 0.3) is 0 Å². The zero-order chi connectivity index (χ0) is 11.2. The number of hydrogen-bond donors (Lipinski definition) is 2. The molecule has 0 fully saturated rings. The Kier molecular flexibility index (Phi) is 5.72. The van der Waals surface area contributed by atoms with Crippen LogP contribution in [0.4, 0.5) is 0 Å². The fourth-order valence-corrected chi connectivity index (χ4v) is 0.942. The Morgan fingerprint density at radius 1 is 1.50 bits per heavy atom. The molecule has 0 saturated carbocycles. The van der Waals surface area contributed by atoms with E-state index in [4.69, 9.17) is 4.74 Å². The first-order chi connectivity index (χ1) is 6.47. The molecule has 0 aromatic carbocycles. The quantitative estimate of drug-likeness (QED) is 0.660. The van der Waals surface area contributed by atoms with Crippen LogP contribution < -0.4 is 10.6 Å². The average molecular weight is 202 g/mol. The lowest BCUT2D eigenvalue weighted by molar-refractivity contribution is -0.127. The predicted molar refractivity (Wildman–Crippen MR) is 57.2 cm³/mol. The Bertz CT molecular complexity index is 181. The summed E-state index contributed by atoms with van der Waals surface area (Å²) in [6, 6.07) is 0.0973. The van der Waals surface area contributed by atoms with Crippen LogP contribution in [0.25, 0.3) is 0 Å². The van der Waals surface area contributed by atoms with Gasteiger partial charge in [0.1, 0.15) is 0 Å². The summed E-state index contributed by atoms with van der Waals surface area (Å²) < 4.78 is 5.01. The van der Waals surface area contributed by atoms with Crippen LogP contribution in [0, 0.1) is 0 Å². The van der Waals surface area contributed by atoms with Gasteiger partial charge >= 0.3 is 0 Å². The smallest absolute Gasteiger partial charge is 0.240 e. The molecule has 0 radical (unpaired) electrons. The van der Waals surface area contributed by atoms with Crippen molar-refractivity contribution < 1.29 is 9.53 Å². The van der Waals surface area contributed by atoms with Gasteiger partial charge in [0.15, 0.2) is 0 Å². The lowest BCUT2D eigenvalue weighted by Crippen LogP contribution is -2.54. The summed E-state index contributed by atoms with van der Waals surface area (Å²) in [7, 11) is 3.41. The van der Waals surface area contributed by atoms with Crippen LogP contribution >= 0.6 is 0 Å². The normalized spacial score (nSPS) is 13.8. The Labute approximate surface area is 86.4 Å². The fraction of sp³-hybridized carbons (Fsp3) is 0.900. The number of ether oxygens (including phenoxy) is 1. The number of hydrogen-bond acceptors (Lipinski definition) is 3. The van der Waals surface area contributed by atoms with Gasteiger partial charge in [-0.1, -0.05) is 6.92 Å². The van der Waals surface area contributed by atoms with Gasteiger partial charge in [0, 0.05) is 7.11 Å². The lowest BCUT2D eigenvalue weighted by Gasteiger charge is -2.26. The van der Waals surface area contributed by atoms with Crippen molar-refractivity contribution in [2.45, 2.75) is 38.8 Å².